The summed E-state index contributed by atoms with van der Waals surface area (Å²) in [6.45, 7) is 4.50. The Kier molecular flexibility index (Phi) is 6.80. The fourth-order valence-corrected chi connectivity index (χ4v) is 4.33. The molecule has 0 N–H and O–H groups in total. The van der Waals surface area contributed by atoms with Gasteiger partial charge in [0.05, 0.1) is 12.7 Å². The predicted octanol–water partition coefficient (Wildman–Crippen LogP) is 4.63. The lowest BCUT2D eigenvalue weighted by Crippen LogP contribution is -2.38. The van der Waals surface area contributed by atoms with E-state index in [2.05, 4.69) is 17.0 Å². The average molecular weight is 429 g/mol. The van der Waals surface area contributed by atoms with Gasteiger partial charge in [0.25, 0.3) is 5.91 Å². The van der Waals surface area contributed by atoms with E-state index in [0.717, 1.165) is 63.4 Å². The number of hydrogen-bond donors (Lipinski definition) is 0. The van der Waals surface area contributed by atoms with Crippen LogP contribution in [0.25, 0.3) is 0 Å². The summed E-state index contributed by atoms with van der Waals surface area (Å²) in [7, 11) is 1.64. The zero-order valence-electron chi connectivity index (χ0n) is 17.5. The third-order valence-electron chi connectivity index (χ3n) is 5.96. The van der Waals surface area contributed by atoms with Gasteiger partial charge in [-0.15, -0.1) is 0 Å². The minimum absolute atomic E-state index is 0.0605. The number of nitrogens with zero attached hydrogens (tertiary/aromatic N) is 2. The molecule has 2 aromatic carbocycles. The Balaban J connectivity index is 1.39. The molecule has 2 aliphatic rings. The monoisotopic (exact) mass is 428 g/mol. The van der Waals surface area contributed by atoms with E-state index in [1.54, 1.807) is 7.11 Å². The molecule has 0 atom stereocenters. The minimum atomic E-state index is 0.0605. The van der Waals surface area contributed by atoms with Crippen LogP contribution in [0.15, 0.2) is 42.5 Å². The normalized spacial score (nSPS) is 17.9. The maximum atomic E-state index is 13.0. The van der Waals surface area contributed by atoms with Crippen molar-refractivity contribution >= 4 is 17.5 Å². The molecule has 4 rings (SSSR count). The van der Waals surface area contributed by atoms with Crippen molar-refractivity contribution in [2.75, 3.05) is 33.3 Å². The zero-order valence-corrected chi connectivity index (χ0v) is 18.2. The minimum Gasteiger partial charge on any atom is -0.497 e. The van der Waals surface area contributed by atoms with Crippen LogP contribution in [-0.2, 0) is 6.54 Å². The molecule has 0 bridgehead atoms. The lowest BCUT2D eigenvalue weighted by Gasteiger charge is -2.32. The van der Waals surface area contributed by atoms with Crippen molar-refractivity contribution in [2.45, 2.75) is 38.3 Å². The van der Waals surface area contributed by atoms with Gasteiger partial charge in [-0.05, 0) is 55.5 Å². The molecule has 160 valence electrons. The first kappa shape index (κ1) is 21.0. The zero-order chi connectivity index (χ0) is 20.9. The van der Waals surface area contributed by atoms with Crippen molar-refractivity contribution in [3.63, 3.8) is 0 Å². The number of likely N-dealkylation sites (tertiary alicyclic amines) is 2. The third-order valence-corrected chi connectivity index (χ3v) is 6.21. The number of halogens is 1. The van der Waals surface area contributed by atoms with Crippen LogP contribution in [0.1, 0.15) is 41.6 Å². The van der Waals surface area contributed by atoms with Gasteiger partial charge in [-0.3, -0.25) is 9.69 Å². The Hall–Kier alpha value is -2.24. The van der Waals surface area contributed by atoms with Crippen molar-refractivity contribution in [3.05, 3.63) is 58.6 Å². The summed E-state index contributed by atoms with van der Waals surface area (Å²) in [5, 5.41) is 0.767. The highest BCUT2D eigenvalue weighted by molar-refractivity contribution is 6.30. The highest BCUT2D eigenvalue weighted by Crippen LogP contribution is 2.30. The number of rotatable bonds is 6. The second-order valence-corrected chi connectivity index (χ2v) is 8.52. The van der Waals surface area contributed by atoms with Gasteiger partial charge in [0, 0.05) is 43.8 Å². The number of carbonyl (C=O) groups is 1. The van der Waals surface area contributed by atoms with Crippen LogP contribution < -0.4 is 9.47 Å². The molecule has 0 aliphatic carbocycles. The van der Waals surface area contributed by atoms with Crippen LogP contribution in [0.3, 0.4) is 0 Å². The van der Waals surface area contributed by atoms with Crippen molar-refractivity contribution in [3.8, 4) is 11.5 Å². The average Bonchev–Trinajstić information content (AvgIpc) is 3.31. The van der Waals surface area contributed by atoms with E-state index in [9.17, 15) is 4.79 Å². The molecule has 6 heteroatoms. The molecular weight excluding hydrogens is 400 g/mol. The molecule has 5 nitrogen and oxygen atoms in total. The number of carbonyl (C=O) groups excluding carboxylic acids is 1. The van der Waals surface area contributed by atoms with Crippen molar-refractivity contribution in [1.29, 1.82) is 0 Å². The SMILES string of the molecule is COc1ccc(C(=O)N2CCCC2)c(OC2CCN(Cc3ccc(Cl)cc3)CC2)c1. The summed E-state index contributed by atoms with van der Waals surface area (Å²) in [5.74, 6) is 1.41. The van der Waals surface area contributed by atoms with Crippen LogP contribution >= 0.6 is 11.6 Å². The number of amides is 1. The maximum absolute atomic E-state index is 13.0. The first-order valence-electron chi connectivity index (χ1n) is 10.7. The number of benzene rings is 2. The van der Waals surface area contributed by atoms with Crippen LogP contribution in [0.4, 0.5) is 0 Å². The largest absolute Gasteiger partial charge is 0.497 e. The van der Waals surface area contributed by atoms with E-state index in [1.165, 1.54) is 5.56 Å². The van der Waals surface area contributed by atoms with Gasteiger partial charge >= 0.3 is 0 Å². The summed E-state index contributed by atoms with van der Waals surface area (Å²) >= 11 is 5.98. The van der Waals surface area contributed by atoms with Gasteiger partial charge in [0.15, 0.2) is 0 Å². The molecule has 2 aromatic rings. The first-order valence-corrected chi connectivity index (χ1v) is 11.1. The molecule has 2 saturated heterocycles. The van der Waals surface area contributed by atoms with Crippen LogP contribution in [0.2, 0.25) is 5.02 Å². The molecule has 2 heterocycles. The second kappa shape index (κ2) is 9.71. The Bertz CT molecular complexity index is 857. The third kappa shape index (κ3) is 5.08. The summed E-state index contributed by atoms with van der Waals surface area (Å²) in [5.41, 5.74) is 1.91. The first-order chi connectivity index (χ1) is 14.6. The smallest absolute Gasteiger partial charge is 0.257 e. The number of methoxy groups -OCH3 is 1. The molecule has 0 radical (unpaired) electrons. The fraction of sp³-hybridized carbons (Fsp3) is 0.458. The number of piperidine rings is 1. The van der Waals surface area contributed by atoms with Gasteiger partial charge in [-0.2, -0.15) is 0 Å². The van der Waals surface area contributed by atoms with Crippen molar-refractivity contribution in [1.82, 2.24) is 9.80 Å². The van der Waals surface area contributed by atoms with Crippen molar-refractivity contribution in [2.24, 2.45) is 0 Å². The maximum Gasteiger partial charge on any atom is 0.257 e. The standard InChI is InChI=1S/C24H29ClN2O3/c1-29-21-8-9-22(24(28)27-12-2-3-13-27)23(16-21)30-20-10-14-26(15-11-20)17-18-4-6-19(25)7-5-18/h4-9,16,20H,2-3,10-15,17H2,1H3. The molecule has 0 aromatic heterocycles. The topological polar surface area (TPSA) is 42.0 Å². The predicted molar refractivity (Wildman–Crippen MR) is 119 cm³/mol. The molecule has 0 saturated carbocycles. The van der Waals surface area contributed by atoms with E-state index >= 15 is 0 Å². The molecule has 2 aliphatic heterocycles. The van der Waals surface area contributed by atoms with E-state index in [4.69, 9.17) is 21.1 Å². The van der Waals surface area contributed by atoms with Crippen LogP contribution in [0.5, 0.6) is 11.5 Å². The Morgan fingerprint density at radius 3 is 2.40 bits per heavy atom. The quantitative estimate of drug-likeness (QED) is 0.672. The Morgan fingerprint density at radius 1 is 1.03 bits per heavy atom. The van der Waals surface area contributed by atoms with E-state index in [0.29, 0.717) is 17.1 Å². The van der Waals surface area contributed by atoms with Crippen LogP contribution in [0, 0.1) is 0 Å². The lowest BCUT2D eigenvalue weighted by molar-refractivity contribution is 0.0764. The molecule has 0 spiro atoms. The number of ether oxygens (including phenoxy) is 2. The molecule has 0 unspecified atom stereocenters. The lowest BCUT2D eigenvalue weighted by atomic mass is 10.1. The molecule has 1 amide bonds. The van der Waals surface area contributed by atoms with Gasteiger partial charge in [-0.25, -0.2) is 0 Å². The highest BCUT2D eigenvalue weighted by atomic mass is 35.5. The molecule has 2 fully saturated rings. The Morgan fingerprint density at radius 2 is 1.73 bits per heavy atom. The number of hydrogen-bond acceptors (Lipinski definition) is 4. The van der Waals surface area contributed by atoms with E-state index in [-0.39, 0.29) is 12.0 Å². The fourth-order valence-electron chi connectivity index (χ4n) is 4.21. The molecule has 30 heavy (non-hydrogen) atoms. The summed E-state index contributed by atoms with van der Waals surface area (Å²) in [4.78, 5) is 17.3. The second-order valence-electron chi connectivity index (χ2n) is 8.08. The van der Waals surface area contributed by atoms with Crippen LogP contribution in [-0.4, -0.2) is 55.1 Å². The van der Waals surface area contributed by atoms with Gasteiger partial charge < -0.3 is 14.4 Å². The highest BCUT2D eigenvalue weighted by Gasteiger charge is 2.26. The summed E-state index contributed by atoms with van der Waals surface area (Å²) in [6.07, 6.45) is 4.11. The van der Waals surface area contributed by atoms with Gasteiger partial charge in [-0.1, -0.05) is 23.7 Å². The van der Waals surface area contributed by atoms with E-state index in [1.807, 2.05) is 35.2 Å². The summed E-state index contributed by atoms with van der Waals surface area (Å²) < 4.78 is 11.7. The van der Waals surface area contributed by atoms with E-state index < -0.39 is 0 Å². The summed E-state index contributed by atoms with van der Waals surface area (Å²) in [6, 6.07) is 13.6. The molecular formula is C24H29ClN2O3. The Labute approximate surface area is 183 Å². The van der Waals surface area contributed by atoms with Crippen molar-refractivity contribution < 1.29 is 14.3 Å². The van der Waals surface area contributed by atoms with Gasteiger partial charge in [0.2, 0.25) is 0 Å². The van der Waals surface area contributed by atoms with Gasteiger partial charge in [0.1, 0.15) is 17.6 Å².